The highest BCUT2D eigenvalue weighted by molar-refractivity contribution is 5.94. The Bertz CT molecular complexity index is 433. The predicted octanol–water partition coefficient (Wildman–Crippen LogP) is 1.26. The molecule has 1 heterocycles. The number of likely N-dealkylation sites (tertiary alicyclic amines) is 1. The molecule has 0 bridgehead atoms. The van der Waals surface area contributed by atoms with Crippen LogP contribution in [-0.4, -0.2) is 43.1 Å². The second-order valence-corrected chi connectivity index (χ2v) is 4.24. The van der Waals surface area contributed by atoms with E-state index in [0.29, 0.717) is 18.7 Å². The van der Waals surface area contributed by atoms with E-state index in [2.05, 4.69) is 10.1 Å². The van der Waals surface area contributed by atoms with Gasteiger partial charge in [-0.15, -0.1) is 0 Å². The number of nitrogens with one attached hydrogen (secondary N) is 1. The van der Waals surface area contributed by atoms with Crippen molar-refractivity contribution >= 4 is 12.0 Å². The zero-order valence-electron chi connectivity index (χ0n) is 10.3. The van der Waals surface area contributed by atoms with Crippen molar-refractivity contribution in [3.8, 4) is 0 Å². The standard InChI is InChI=1S/C13H16N2O3/c1-18-13(17)14-11-7-8-15(9-11)12(16)10-5-3-2-4-6-10/h2-6,11H,7-9H2,1H3,(H,14,17). The van der Waals surface area contributed by atoms with E-state index < -0.39 is 6.09 Å². The highest BCUT2D eigenvalue weighted by atomic mass is 16.5. The first-order chi connectivity index (χ1) is 8.70. The van der Waals surface area contributed by atoms with Crippen LogP contribution >= 0.6 is 0 Å². The Hall–Kier alpha value is -2.04. The lowest BCUT2D eigenvalue weighted by Gasteiger charge is -2.16. The van der Waals surface area contributed by atoms with Crippen LogP contribution in [0.4, 0.5) is 4.79 Å². The van der Waals surface area contributed by atoms with Crippen LogP contribution in [0.5, 0.6) is 0 Å². The van der Waals surface area contributed by atoms with E-state index in [1.165, 1.54) is 7.11 Å². The summed E-state index contributed by atoms with van der Waals surface area (Å²) in [4.78, 5) is 25.0. The van der Waals surface area contributed by atoms with Crippen LogP contribution in [-0.2, 0) is 4.74 Å². The van der Waals surface area contributed by atoms with Gasteiger partial charge in [0.2, 0.25) is 0 Å². The molecule has 5 heteroatoms. The number of benzene rings is 1. The van der Waals surface area contributed by atoms with Crippen molar-refractivity contribution in [1.29, 1.82) is 0 Å². The fraction of sp³-hybridized carbons (Fsp3) is 0.385. The number of methoxy groups -OCH3 is 1. The Balaban J connectivity index is 1.93. The summed E-state index contributed by atoms with van der Waals surface area (Å²) in [6.07, 6.45) is 0.308. The summed E-state index contributed by atoms with van der Waals surface area (Å²) in [5, 5.41) is 2.71. The Morgan fingerprint density at radius 3 is 2.72 bits per heavy atom. The van der Waals surface area contributed by atoms with E-state index in [0.717, 1.165) is 6.42 Å². The van der Waals surface area contributed by atoms with E-state index in [4.69, 9.17) is 0 Å². The van der Waals surface area contributed by atoms with Crippen LogP contribution in [0.15, 0.2) is 30.3 Å². The molecule has 5 nitrogen and oxygen atoms in total. The number of alkyl carbamates (subject to hydrolysis) is 1. The average Bonchev–Trinajstić information content (AvgIpc) is 2.87. The minimum Gasteiger partial charge on any atom is -0.453 e. The van der Waals surface area contributed by atoms with Gasteiger partial charge in [-0.25, -0.2) is 4.79 Å². The fourth-order valence-corrected chi connectivity index (χ4v) is 2.05. The Morgan fingerprint density at radius 2 is 2.06 bits per heavy atom. The Labute approximate surface area is 106 Å². The van der Waals surface area contributed by atoms with Gasteiger partial charge in [0.1, 0.15) is 0 Å². The van der Waals surface area contributed by atoms with Gasteiger partial charge in [0.05, 0.1) is 13.2 Å². The molecular weight excluding hydrogens is 232 g/mol. The van der Waals surface area contributed by atoms with E-state index in [1.54, 1.807) is 17.0 Å². The molecule has 1 fully saturated rings. The second kappa shape index (κ2) is 5.53. The van der Waals surface area contributed by atoms with Crippen LogP contribution in [0.3, 0.4) is 0 Å². The Kier molecular flexibility index (Phi) is 3.82. The van der Waals surface area contributed by atoms with Crippen molar-refractivity contribution in [3.05, 3.63) is 35.9 Å². The number of hydrogen-bond donors (Lipinski definition) is 1. The molecule has 1 saturated heterocycles. The maximum Gasteiger partial charge on any atom is 0.407 e. The summed E-state index contributed by atoms with van der Waals surface area (Å²) in [7, 11) is 1.33. The fourth-order valence-electron chi connectivity index (χ4n) is 2.05. The molecule has 0 aliphatic carbocycles. The number of hydrogen-bond acceptors (Lipinski definition) is 3. The van der Waals surface area contributed by atoms with Gasteiger partial charge in [-0.05, 0) is 18.6 Å². The maximum atomic E-state index is 12.1. The summed E-state index contributed by atoms with van der Waals surface area (Å²) in [5.41, 5.74) is 0.677. The minimum atomic E-state index is -0.450. The van der Waals surface area contributed by atoms with Crippen molar-refractivity contribution in [2.75, 3.05) is 20.2 Å². The maximum absolute atomic E-state index is 12.1. The third-order valence-electron chi connectivity index (χ3n) is 3.00. The monoisotopic (exact) mass is 248 g/mol. The summed E-state index contributed by atoms with van der Waals surface area (Å²) in [5.74, 6) is 0.00441. The zero-order chi connectivity index (χ0) is 13.0. The lowest BCUT2D eigenvalue weighted by Crippen LogP contribution is -2.38. The normalized spacial score (nSPS) is 18.5. The molecule has 1 aromatic rings. The largest absolute Gasteiger partial charge is 0.453 e. The summed E-state index contributed by atoms with van der Waals surface area (Å²) >= 11 is 0. The summed E-state index contributed by atoms with van der Waals surface area (Å²) < 4.78 is 4.54. The molecule has 1 aliphatic heterocycles. The van der Waals surface area contributed by atoms with Gasteiger partial charge in [-0.1, -0.05) is 18.2 Å². The van der Waals surface area contributed by atoms with Gasteiger partial charge in [-0.3, -0.25) is 4.79 Å². The van der Waals surface area contributed by atoms with Gasteiger partial charge in [-0.2, -0.15) is 0 Å². The summed E-state index contributed by atoms with van der Waals surface area (Å²) in [6, 6.07) is 9.13. The first-order valence-electron chi connectivity index (χ1n) is 5.89. The van der Waals surface area contributed by atoms with Crippen molar-refractivity contribution in [2.45, 2.75) is 12.5 Å². The number of amides is 2. The molecule has 1 aliphatic rings. The quantitative estimate of drug-likeness (QED) is 0.857. The van der Waals surface area contributed by atoms with E-state index in [-0.39, 0.29) is 11.9 Å². The molecule has 0 radical (unpaired) electrons. The molecule has 1 N–H and O–H groups in total. The van der Waals surface area contributed by atoms with Crippen molar-refractivity contribution < 1.29 is 14.3 Å². The van der Waals surface area contributed by atoms with Gasteiger partial charge in [0, 0.05) is 18.7 Å². The molecule has 2 amide bonds. The van der Waals surface area contributed by atoms with E-state index in [1.807, 2.05) is 18.2 Å². The zero-order valence-corrected chi connectivity index (χ0v) is 10.3. The highest BCUT2D eigenvalue weighted by Gasteiger charge is 2.27. The first kappa shape index (κ1) is 12.4. The van der Waals surface area contributed by atoms with Crippen LogP contribution in [0.25, 0.3) is 0 Å². The summed E-state index contributed by atoms with van der Waals surface area (Å²) in [6.45, 7) is 1.19. The van der Waals surface area contributed by atoms with Gasteiger partial charge in [0.25, 0.3) is 5.91 Å². The SMILES string of the molecule is COC(=O)NC1CCN(C(=O)c2ccccc2)C1. The lowest BCUT2D eigenvalue weighted by atomic mass is 10.2. The average molecular weight is 248 g/mol. The van der Waals surface area contributed by atoms with Gasteiger partial charge >= 0.3 is 6.09 Å². The molecule has 1 unspecified atom stereocenters. The number of nitrogens with zero attached hydrogens (tertiary/aromatic N) is 1. The van der Waals surface area contributed by atoms with Gasteiger partial charge < -0.3 is 15.0 Å². The molecule has 1 atom stereocenters. The molecular formula is C13H16N2O3. The molecule has 0 aromatic heterocycles. The molecule has 18 heavy (non-hydrogen) atoms. The van der Waals surface area contributed by atoms with E-state index in [9.17, 15) is 9.59 Å². The van der Waals surface area contributed by atoms with E-state index >= 15 is 0 Å². The topological polar surface area (TPSA) is 58.6 Å². The highest BCUT2D eigenvalue weighted by Crippen LogP contribution is 2.13. The van der Waals surface area contributed by atoms with Crippen LogP contribution in [0.2, 0.25) is 0 Å². The lowest BCUT2D eigenvalue weighted by molar-refractivity contribution is 0.0788. The number of ether oxygens (including phenoxy) is 1. The van der Waals surface area contributed by atoms with Crippen LogP contribution in [0.1, 0.15) is 16.8 Å². The molecule has 0 spiro atoms. The molecule has 2 rings (SSSR count). The molecule has 1 aromatic carbocycles. The van der Waals surface area contributed by atoms with Gasteiger partial charge in [0.15, 0.2) is 0 Å². The number of carbonyl (C=O) groups is 2. The molecule has 96 valence electrons. The van der Waals surface area contributed by atoms with Crippen LogP contribution < -0.4 is 5.32 Å². The second-order valence-electron chi connectivity index (χ2n) is 4.24. The molecule has 0 saturated carbocycles. The third-order valence-corrected chi connectivity index (χ3v) is 3.00. The first-order valence-corrected chi connectivity index (χ1v) is 5.89. The smallest absolute Gasteiger partial charge is 0.407 e. The minimum absolute atomic E-state index is 0.00441. The Morgan fingerprint density at radius 1 is 1.33 bits per heavy atom. The number of rotatable bonds is 2. The van der Waals surface area contributed by atoms with Crippen LogP contribution in [0, 0.1) is 0 Å². The van der Waals surface area contributed by atoms with Crippen molar-refractivity contribution in [1.82, 2.24) is 10.2 Å². The predicted molar refractivity (Wildman–Crippen MR) is 66.3 cm³/mol. The van der Waals surface area contributed by atoms with Crippen molar-refractivity contribution in [3.63, 3.8) is 0 Å². The number of carbonyl (C=O) groups excluding carboxylic acids is 2. The third kappa shape index (κ3) is 2.80. The van der Waals surface area contributed by atoms with Crippen molar-refractivity contribution in [2.24, 2.45) is 0 Å².